The molecule has 0 saturated heterocycles. The highest BCUT2D eigenvalue weighted by atomic mass is 35.5. The van der Waals surface area contributed by atoms with Gasteiger partial charge < -0.3 is 16.2 Å². The molecule has 23 heavy (non-hydrogen) atoms. The van der Waals surface area contributed by atoms with Gasteiger partial charge in [-0.25, -0.2) is 0 Å². The number of nitrogens with two attached hydrogens (primary N) is 1. The molecule has 2 aromatic carbocycles. The summed E-state index contributed by atoms with van der Waals surface area (Å²) in [6.07, 6.45) is 0.190. The fraction of sp³-hybridized carbons (Fsp3) is 0.278. The van der Waals surface area contributed by atoms with Crippen LogP contribution >= 0.6 is 11.6 Å². The largest absolute Gasteiger partial charge is 0.387 e. The number of aliphatic hydroxyl groups excluding tert-OH is 1. The summed E-state index contributed by atoms with van der Waals surface area (Å²) in [5.41, 5.74) is 7.63. The molecule has 2 aromatic rings. The van der Waals surface area contributed by atoms with Crippen molar-refractivity contribution in [3.05, 3.63) is 70.2 Å². The highest BCUT2D eigenvalue weighted by Gasteiger charge is 2.10. The molecule has 0 spiro atoms. The number of hydrogen-bond acceptors (Lipinski definition) is 3. The van der Waals surface area contributed by atoms with Gasteiger partial charge in [0.15, 0.2) is 0 Å². The third-order valence-electron chi connectivity index (χ3n) is 3.67. The van der Waals surface area contributed by atoms with Crippen LogP contribution in [0.3, 0.4) is 0 Å². The van der Waals surface area contributed by atoms with Crippen molar-refractivity contribution in [3.63, 3.8) is 0 Å². The Labute approximate surface area is 141 Å². The smallest absolute Gasteiger partial charge is 0.248 e. The van der Waals surface area contributed by atoms with E-state index in [-0.39, 0.29) is 6.04 Å². The third-order valence-corrected chi connectivity index (χ3v) is 3.91. The molecule has 4 N–H and O–H groups in total. The molecule has 0 saturated carbocycles. The first-order chi connectivity index (χ1) is 11.0. The van der Waals surface area contributed by atoms with E-state index in [2.05, 4.69) is 5.32 Å². The first-order valence-electron chi connectivity index (χ1n) is 7.51. The highest BCUT2D eigenvalue weighted by molar-refractivity contribution is 6.30. The average Bonchev–Trinajstić information content (AvgIpc) is 2.53. The number of benzene rings is 2. The van der Waals surface area contributed by atoms with Crippen LogP contribution in [0.25, 0.3) is 0 Å². The normalized spacial score (nSPS) is 13.5. The predicted octanol–water partition coefficient (Wildman–Crippen LogP) is 2.69. The molecule has 0 fully saturated rings. The van der Waals surface area contributed by atoms with Crippen LogP contribution in [0.4, 0.5) is 0 Å². The second-order valence-electron chi connectivity index (χ2n) is 5.65. The lowest BCUT2D eigenvalue weighted by atomic mass is 10.0. The van der Waals surface area contributed by atoms with E-state index in [9.17, 15) is 9.90 Å². The Balaban J connectivity index is 1.84. The lowest BCUT2D eigenvalue weighted by molar-refractivity contribution is 0.100. The molecule has 0 aromatic heterocycles. The first-order valence-corrected chi connectivity index (χ1v) is 7.89. The van der Waals surface area contributed by atoms with Gasteiger partial charge in [-0.2, -0.15) is 0 Å². The number of amides is 1. The third kappa shape index (κ3) is 5.36. The minimum atomic E-state index is -0.603. The summed E-state index contributed by atoms with van der Waals surface area (Å²) >= 11 is 5.93. The van der Waals surface area contributed by atoms with Crippen LogP contribution in [0, 0.1) is 0 Å². The maximum Gasteiger partial charge on any atom is 0.248 e. The molecule has 2 rings (SSSR count). The van der Waals surface area contributed by atoms with Gasteiger partial charge >= 0.3 is 0 Å². The number of carbonyl (C=O) groups is 1. The van der Waals surface area contributed by atoms with Gasteiger partial charge in [0.1, 0.15) is 0 Å². The lowest BCUT2D eigenvalue weighted by Gasteiger charge is -2.18. The van der Waals surface area contributed by atoms with Gasteiger partial charge in [0, 0.05) is 23.2 Å². The molecule has 0 aliphatic carbocycles. The van der Waals surface area contributed by atoms with Crippen LogP contribution in [0.1, 0.15) is 34.5 Å². The number of hydrogen-bond donors (Lipinski definition) is 3. The topological polar surface area (TPSA) is 75.4 Å². The summed E-state index contributed by atoms with van der Waals surface area (Å²) in [5, 5.41) is 14.1. The Bertz CT molecular complexity index is 658. The standard InChI is InChI=1S/C18H21ClN2O2/c1-12(9-13-5-7-14(8-6-13)18(20)23)21-11-17(22)15-3-2-4-16(19)10-15/h2-8,10,12,17,21-22H,9,11H2,1H3,(H2,20,23)/t12?,17-/m0/s1. The Kier molecular flexibility index (Phi) is 6.16. The zero-order chi connectivity index (χ0) is 16.8. The average molecular weight is 333 g/mol. The first kappa shape index (κ1) is 17.5. The van der Waals surface area contributed by atoms with E-state index in [1.165, 1.54) is 0 Å². The molecule has 0 bridgehead atoms. The van der Waals surface area contributed by atoms with E-state index in [4.69, 9.17) is 17.3 Å². The Morgan fingerprint density at radius 1 is 1.26 bits per heavy atom. The number of nitrogens with one attached hydrogen (secondary N) is 1. The SMILES string of the molecule is CC(Cc1ccc(C(N)=O)cc1)NC[C@H](O)c1cccc(Cl)c1. The minimum absolute atomic E-state index is 0.184. The van der Waals surface area contributed by atoms with Gasteiger partial charge in [0.05, 0.1) is 6.10 Å². The molecular formula is C18H21ClN2O2. The van der Waals surface area contributed by atoms with Gasteiger partial charge in [-0.15, -0.1) is 0 Å². The zero-order valence-electron chi connectivity index (χ0n) is 13.0. The molecule has 1 unspecified atom stereocenters. The van der Waals surface area contributed by atoms with Crippen molar-refractivity contribution in [1.29, 1.82) is 0 Å². The molecule has 1 amide bonds. The molecule has 2 atom stereocenters. The summed E-state index contributed by atoms with van der Waals surface area (Å²) < 4.78 is 0. The van der Waals surface area contributed by atoms with Crippen molar-refractivity contribution >= 4 is 17.5 Å². The second-order valence-corrected chi connectivity index (χ2v) is 6.08. The van der Waals surface area contributed by atoms with Crippen molar-refractivity contribution in [2.24, 2.45) is 5.73 Å². The predicted molar refractivity (Wildman–Crippen MR) is 92.5 cm³/mol. The number of primary amides is 1. The quantitative estimate of drug-likeness (QED) is 0.729. The van der Waals surface area contributed by atoms with Crippen LogP contribution in [0.15, 0.2) is 48.5 Å². The maximum absolute atomic E-state index is 11.0. The van der Waals surface area contributed by atoms with Crippen LogP contribution in [-0.2, 0) is 6.42 Å². The molecule has 0 aliphatic rings. The van der Waals surface area contributed by atoms with E-state index in [1.54, 1.807) is 24.3 Å². The van der Waals surface area contributed by atoms with E-state index in [1.807, 2.05) is 31.2 Å². The van der Waals surface area contributed by atoms with Crippen LogP contribution in [0.2, 0.25) is 5.02 Å². The highest BCUT2D eigenvalue weighted by Crippen LogP contribution is 2.17. The molecular weight excluding hydrogens is 312 g/mol. The molecule has 4 nitrogen and oxygen atoms in total. The maximum atomic E-state index is 11.0. The van der Waals surface area contributed by atoms with Gasteiger partial charge in [0.2, 0.25) is 5.91 Å². The van der Waals surface area contributed by atoms with Crippen LogP contribution in [0.5, 0.6) is 0 Å². The van der Waals surface area contributed by atoms with Crippen molar-refractivity contribution in [1.82, 2.24) is 5.32 Å². The second kappa shape index (κ2) is 8.11. The van der Waals surface area contributed by atoms with Crippen molar-refractivity contribution in [2.45, 2.75) is 25.5 Å². The molecule has 122 valence electrons. The molecule has 5 heteroatoms. The van der Waals surface area contributed by atoms with Crippen molar-refractivity contribution < 1.29 is 9.90 Å². The van der Waals surface area contributed by atoms with Gasteiger partial charge in [0.25, 0.3) is 0 Å². The summed E-state index contributed by atoms with van der Waals surface area (Å²) in [4.78, 5) is 11.0. The summed E-state index contributed by atoms with van der Waals surface area (Å²) in [5.74, 6) is -0.424. The Morgan fingerprint density at radius 3 is 2.57 bits per heavy atom. The Hall–Kier alpha value is -1.88. The van der Waals surface area contributed by atoms with E-state index >= 15 is 0 Å². The molecule has 0 radical (unpaired) electrons. The number of carbonyl (C=O) groups excluding carboxylic acids is 1. The zero-order valence-corrected chi connectivity index (χ0v) is 13.8. The summed E-state index contributed by atoms with van der Waals surface area (Å²) in [6, 6.07) is 14.7. The fourth-order valence-electron chi connectivity index (χ4n) is 2.38. The minimum Gasteiger partial charge on any atom is -0.387 e. The molecule has 0 heterocycles. The monoisotopic (exact) mass is 332 g/mol. The van der Waals surface area contributed by atoms with E-state index in [0.717, 1.165) is 17.5 Å². The van der Waals surface area contributed by atoms with E-state index < -0.39 is 12.0 Å². The molecule has 0 aliphatic heterocycles. The number of rotatable bonds is 7. The van der Waals surface area contributed by atoms with Crippen LogP contribution < -0.4 is 11.1 Å². The van der Waals surface area contributed by atoms with Crippen molar-refractivity contribution in [3.8, 4) is 0 Å². The van der Waals surface area contributed by atoms with Crippen molar-refractivity contribution in [2.75, 3.05) is 6.54 Å². The van der Waals surface area contributed by atoms with Gasteiger partial charge in [-0.05, 0) is 48.7 Å². The van der Waals surface area contributed by atoms with E-state index in [0.29, 0.717) is 17.1 Å². The number of aliphatic hydroxyl groups is 1. The summed E-state index contributed by atoms with van der Waals surface area (Å²) in [6.45, 7) is 2.49. The van der Waals surface area contributed by atoms with Gasteiger partial charge in [-0.1, -0.05) is 35.9 Å². The summed E-state index contributed by atoms with van der Waals surface area (Å²) in [7, 11) is 0. The fourth-order valence-corrected chi connectivity index (χ4v) is 2.57. The lowest BCUT2D eigenvalue weighted by Crippen LogP contribution is -2.32. The van der Waals surface area contributed by atoms with Crippen LogP contribution in [-0.4, -0.2) is 23.6 Å². The Morgan fingerprint density at radius 2 is 1.96 bits per heavy atom. The number of halogens is 1. The van der Waals surface area contributed by atoms with Gasteiger partial charge in [-0.3, -0.25) is 4.79 Å².